The molecule has 0 aliphatic rings. The number of rotatable bonds is 8. The van der Waals surface area contributed by atoms with Crippen LogP contribution in [-0.4, -0.2) is 26.5 Å². The van der Waals surface area contributed by atoms with Gasteiger partial charge in [0, 0.05) is 19.0 Å². The summed E-state index contributed by atoms with van der Waals surface area (Å²) in [6.07, 6.45) is 2.64. The highest BCUT2D eigenvalue weighted by atomic mass is 79.9. The molecule has 0 atom stereocenters. The summed E-state index contributed by atoms with van der Waals surface area (Å²) in [4.78, 5) is 0. The minimum Gasteiger partial charge on any atom is -0.0765 e. The summed E-state index contributed by atoms with van der Waals surface area (Å²) in [5.74, 6) is 0. The maximum absolute atomic E-state index is 3.51. The molecule has 0 unspecified atom stereocenters. The van der Waals surface area contributed by atoms with E-state index in [1.165, 1.54) is 24.9 Å². The zero-order chi connectivity index (χ0) is 10.1. The van der Waals surface area contributed by atoms with Crippen LogP contribution in [0.5, 0.6) is 0 Å². The van der Waals surface area contributed by atoms with Gasteiger partial charge in [-0.15, -0.1) is 0 Å². The SMILES string of the molecule is BrC(Br)CC[SiH2]C[SiH2]CCC(Br)Br. The van der Waals surface area contributed by atoms with Crippen molar-refractivity contribution < 1.29 is 0 Å². The van der Waals surface area contributed by atoms with E-state index in [1.807, 2.05) is 0 Å². The lowest BCUT2D eigenvalue weighted by Gasteiger charge is -2.02. The van der Waals surface area contributed by atoms with Crippen LogP contribution in [0.15, 0.2) is 0 Å². The minimum absolute atomic E-state index is 0.295. The Hall–Kier alpha value is 2.35. The molecule has 0 N–H and O–H groups in total. The van der Waals surface area contributed by atoms with Crippen molar-refractivity contribution in [3.05, 3.63) is 0 Å². The second-order valence-corrected chi connectivity index (χ2v) is 15.7. The quantitative estimate of drug-likeness (QED) is 0.286. The van der Waals surface area contributed by atoms with Gasteiger partial charge in [-0.1, -0.05) is 81.5 Å². The van der Waals surface area contributed by atoms with E-state index < -0.39 is 0 Å². The molecule has 0 aliphatic heterocycles. The Kier molecular flexibility index (Phi) is 12.8. The van der Waals surface area contributed by atoms with E-state index in [0.717, 1.165) is 0 Å². The second kappa shape index (κ2) is 10.9. The molecule has 0 radical (unpaired) electrons. The number of hydrogen-bond acceptors (Lipinski definition) is 0. The van der Waals surface area contributed by atoms with E-state index in [4.69, 9.17) is 0 Å². The molecule has 13 heavy (non-hydrogen) atoms. The summed E-state index contributed by atoms with van der Waals surface area (Å²) < 4.78 is 1.12. The summed E-state index contributed by atoms with van der Waals surface area (Å²) in [5.41, 5.74) is 1.65. The van der Waals surface area contributed by atoms with Gasteiger partial charge in [-0.05, 0) is 12.8 Å². The fourth-order valence-electron chi connectivity index (χ4n) is 1.13. The van der Waals surface area contributed by atoms with Crippen molar-refractivity contribution in [1.82, 2.24) is 0 Å². The third kappa shape index (κ3) is 14.4. The van der Waals surface area contributed by atoms with Crippen LogP contribution in [0.4, 0.5) is 0 Å². The summed E-state index contributed by atoms with van der Waals surface area (Å²) in [6, 6.07) is 3.00. The highest BCUT2D eigenvalue weighted by Gasteiger charge is 1.99. The van der Waals surface area contributed by atoms with Crippen molar-refractivity contribution in [2.45, 2.75) is 38.1 Å². The van der Waals surface area contributed by atoms with Crippen molar-refractivity contribution in [3.63, 3.8) is 0 Å². The van der Waals surface area contributed by atoms with Gasteiger partial charge in [-0.25, -0.2) is 0 Å². The smallest absolute Gasteiger partial charge is 0.0695 e. The van der Waals surface area contributed by atoms with Crippen molar-refractivity contribution in [2.75, 3.05) is 0 Å². The first-order valence-corrected chi connectivity index (χ1v) is 12.4. The monoisotopic (exact) mass is 472 g/mol. The molecular formula is C7H16Br4Si2. The van der Waals surface area contributed by atoms with Crippen LogP contribution in [0.25, 0.3) is 0 Å². The van der Waals surface area contributed by atoms with Crippen molar-refractivity contribution in [1.29, 1.82) is 0 Å². The van der Waals surface area contributed by atoms with Gasteiger partial charge < -0.3 is 0 Å². The molecule has 0 bridgehead atoms. The number of alkyl halides is 4. The lowest BCUT2D eigenvalue weighted by molar-refractivity contribution is 1.06. The van der Waals surface area contributed by atoms with E-state index in [2.05, 4.69) is 63.7 Å². The molecule has 0 aromatic rings. The predicted octanol–water partition coefficient (Wildman–Crippen LogP) is 3.55. The van der Waals surface area contributed by atoms with E-state index in [1.54, 1.807) is 5.67 Å². The fourth-order valence-corrected chi connectivity index (χ4v) is 10.4. The molecule has 0 saturated heterocycles. The maximum atomic E-state index is 3.51. The Balaban J connectivity index is 2.92. The molecular weight excluding hydrogens is 460 g/mol. The van der Waals surface area contributed by atoms with Gasteiger partial charge in [0.1, 0.15) is 0 Å². The van der Waals surface area contributed by atoms with Crippen LogP contribution in [0.1, 0.15) is 12.8 Å². The Morgan fingerprint density at radius 3 is 1.46 bits per heavy atom. The molecule has 0 aromatic heterocycles. The third-order valence-electron chi connectivity index (χ3n) is 1.84. The molecule has 0 aromatic carbocycles. The van der Waals surface area contributed by atoms with Gasteiger partial charge >= 0.3 is 0 Å². The second-order valence-electron chi connectivity index (χ2n) is 3.13. The summed E-state index contributed by atoms with van der Waals surface area (Å²) in [7, 11) is 0.589. The zero-order valence-electron chi connectivity index (χ0n) is 7.62. The first-order chi connectivity index (χ1) is 6.13. The van der Waals surface area contributed by atoms with Crippen LogP contribution in [-0.2, 0) is 0 Å². The number of halogens is 4. The van der Waals surface area contributed by atoms with Gasteiger partial charge in [-0.3, -0.25) is 0 Å². The highest BCUT2D eigenvalue weighted by Crippen LogP contribution is 2.16. The molecule has 0 aliphatic carbocycles. The topological polar surface area (TPSA) is 0 Å². The van der Waals surface area contributed by atoms with E-state index in [9.17, 15) is 0 Å². The summed E-state index contributed by atoms with van der Waals surface area (Å²) in [6.45, 7) is 0. The highest BCUT2D eigenvalue weighted by molar-refractivity contribution is 9.25. The first kappa shape index (κ1) is 15.4. The number of hydrogen-bond donors (Lipinski definition) is 0. The molecule has 0 saturated carbocycles. The van der Waals surface area contributed by atoms with Gasteiger partial charge in [0.05, 0.1) is 7.47 Å². The summed E-state index contributed by atoms with van der Waals surface area (Å²) in [5, 5.41) is 0. The molecule has 6 heteroatoms. The standard InChI is InChI=1S/C7H16Br4Si2/c8-6(9)1-3-12-5-13-4-2-7(10)11/h6-7H,1-5,12-13H2. The van der Waals surface area contributed by atoms with E-state index in [-0.39, 0.29) is 0 Å². The third-order valence-corrected chi connectivity index (χ3v) is 9.49. The predicted molar refractivity (Wildman–Crippen MR) is 84.0 cm³/mol. The minimum atomic E-state index is 0.295. The maximum Gasteiger partial charge on any atom is 0.0695 e. The van der Waals surface area contributed by atoms with Crippen LogP contribution in [0.2, 0.25) is 17.8 Å². The van der Waals surface area contributed by atoms with Crippen molar-refractivity contribution in [3.8, 4) is 0 Å². The Morgan fingerprint density at radius 2 is 1.15 bits per heavy atom. The lowest BCUT2D eigenvalue weighted by Crippen LogP contribution is -2.00. The average Bonchev–Trinajstić information content (AvgIpc) is 2.01. The van der Waals surface area contributed by atoms with Crippen LogP contribution < -0.4 is 0 Å². The molecule has 80 valence electrons. The Morgan fingerprint density at radius 1 is 0.769 bits per heavy atom. The molecule has 0 spiro atoms. The van der Waals surface area contributed by atoms with Crippen molar-refractivity contribution >= 4 is 82.8 Å². The van der Waals surface area contributed by atoms with Crippen molar-refractivity contribution in [2.24, 2.45) is 0 Å². The van der Waals surface area contributed by atoms with Gasteiger partial charge in [0.25, 0.3) is 0 Å². The molecule has 0 nitrogen and oxygen atoms in total. The molecule has 0 fully saturated rings. The van der Waals surface area contributed by atoms with E-state index in [0.29, 0.717) is 26.5 Å². The van der Waals surface area contributed by atoms with Gasteiger partial charge in [0.15, 0.2) is 0 Å². The average molecular weight is 476 g/mol. The zero-order valence-corrected chi connectivity index (χ0v) is 16.8. The van der Waals surface area contributed by atoms with E-state index >= 15 is 0 Å². The largest absolute Gasteiger partial charge is 0.0765 e. The Bertz CT molecular complexity index is 98.7. The fraction of sp³-hybridized carbons (Fsp3) is 1.00. The van der Waals surface area contributed by atoms with Crippen LogP contribution >= 0.6 is 63.7 Å². The lowest BCUT2D eigenvalue weighted by atomic mass is 10.6. The molecule has 0 rings (SSSR count). The normalized spacial score (nSPS) is 13.4. The van der Waals surface area contributed by atoms with Crippen LogP contribution in [0, 0.1) is 0 Å². The molecule has 0 amide bonds. The summed E-state index contributed by atoms with van der Waals surface area (Å²) >= 11 is 14.1. The first-order valence-electron chi connectivity index (χ1n) is 4.69. The Labute approximate surface area is 120 Å². The van der Waals surface area contributed by atoms with Gasteiger partial charge in [-0.2, -0.15) is 0 Å². The van der Waals surface area contributed by atoms with Gasteiger partial charge in [0.2, 0.25) is 0 Å². The molecule has 0 heterocycles. The van der Waals surface area contributed by atoms with Crippen LogP contribution in [0.3, 0.4) is 0 Å².